The van der Waals surface area contributed by atoms with Crippen LogP contribution in [-0.2, 0) is 6.54 Å². The van der Waals surface area contributed by atoms with Crippen molar-refractivity contribution in [1.29, 1.82) is 0 Å². The van der Waals surface area contributed by atoms with Gasteiger partial charge < -0.3 is 20.1 Å². The maximum absolute atomic E-state index is 5.43. The Labute approximate surface area is 167 Å². The van der Waals surface area contributed by atoms with Gasteiger partial charge in [-0.2, -0.15) is 11.8 Å². The predicted octanol–water partition coefficient (Wildman–Crippen LogP) is 3.60. The van der Waals surface area contributed by atoms with Crippen LogP contribution >= 0.6 is 51.7 Å². The topological polar surface area (TPSA) is 54.9 Å². The van der Waals surface area contributed by atoms with Crippen molar-refractivity contribution < 1.29 is 9.47 Å². The van der Waals surface area contributed by atoms with E-state index in [0.29, 0.717) is 6.54 Å². The van der Waals surface area contributed by atoms with Gasteiger partial charge in [0.15, 0.2) is 17.5 Å². The minimum atomic E-state index is 0. The number of hydrogen-bond acceptors (Lipinski definition) is 4. The zero-order valence-corrected chi connectivity index (χ0v) is 18.1. The van der Waals surface area contributed by atoms with Crippen LogP contribution in [0.15, 0.2) is 21.6 Å². The van der Waals surface area contributed by atoms with Crippen molar-refractivity contribution in [3.05, 3.63) is 22.2 Å². The van der Waals surface area contributed by atoms with Crippen molar-refractivity contribution in [3.8, 4) is 11.5 Å². The van der Waals surface area contributed by atoms with E-state index in [4.69, 9.17) is 9.47 Å². The summed E-state index contributed by atoms with van der Waals surface area (Å²) in [7, 11) is 1.78. The average Bonchev–Trinajstić information content (AvgIpc) is 2.99. The van der Waals surface area contributed by atoms with Gasteiger partial charge in [-0.3, -0.25) is 4.99 Å². The second-order valence-corrected chi connectivity index (χ2v) is 6.70. The van der Waals surface area contributed by atoms with Crippen molar-refractivity contribution in [3.63, 3.8) is 0 Å². The Morgan fingerprint density at radius 3 is 2.87 bits per heavy atom. The molecule has 0 saturated carbocycles. The molecule has 0 unspecified atom stereocenters. The van der Waals surface area contributed by atoms with Gasteiger partial charge in [-0.25, -0.2) is 0 Å². The number of unbranched alkanes of at least 4 members (excludes halogenated alkanes) is 1. The molecule has 0 aromatic heterocycles. The molecule has 1 aromatic rings. The Morgan fingerprint density at radius 2 is 2.13 bits per heavy atom. The highest BCUT2D eigenvalue weighted by Crippen LogP contribution is 2.39. The van der Waals surface area contributed by atoms with E-state index in [1.54, 1.807) is 7.05 Å². The number of halogens is 2. The molecule has 130 valence electrons. The third-order valence-electron chi connectivity index (χ3n) is 3.24. The summed E-state index contributed by atoms with van der Waals surface area (Å²) in [6.45, 7) is 1.90. The molecule has 0 amide bonds. The fourth-order valence-corrected chi connectivity index (χ4v) is 3.20. The monoisotopic (exact) mass is 515 g/mol. The molecule has 1 aliphatic rings. The lowest BCUT2D eigenvalue weighted by molar-refractivity contribution is 0.173. The third kappa shape index (κ3) is 6.58. The number of nitrogens with zero attached hydrogens (tertiary/aromatic N) is 1. The van der Waals surface area contributed by atoms with Crippen LogP contribution in [-0.4, -0.2) is 38.4 Å². The largest absolute Gasteiger partial charge is 0.454 e. The molecule has 0 aliphatic carbocycles. The Morgan fingerprint density at radius 1 is 1.30 bits per heavy atom. The molecule has 0 atom stereocenters. The van der Waals surface area contributed by atoms with Crippen molar-refractivity contribution >= 4 is 57.6 Å². The quantitative estimate of drug-likeness (QED) is 0.251. The molecule has 8 heteroatoms. The van der Waals surface area contributed by atoms with Gasteiger partial charge in [0, 0.05) is 20.1 Å². The molecule has 5 nitrogen and oxygen atoms in total. The maximum Gasteiger partial charge on any atom is 0.231 e. The van der Waals surface area contributed by atoms with Gasteiger partial charge in [0.05, 0.1) is 4.47 Å². The molecule has 0 radical (unpaired) electrons. The second kappa shape index (κ2) is 11.2. The van der Waals surface area contributed by atoms with Crippen molar-refractivity contribution in [1.82, 2.24) is 10.6 Å². The van der Waals surface area contributed by atoms with Gasteiger partial charge in [0.25, 0.3) is 0 Å². The molecular formula is C15H23BrIN3O2S. The normalized spacial score (nSPS) is 12.7. The molecule has 1 aromatic carbocycles. The number of ether oxygens (including phenoxy) is 2. The van der Waals surface area contributed by atoms with Gasteiger partial charge in [0.1, 0.15) is 0 Å². The fourth-order valence-electron chi connectivity index (χ4n) is 2.11. The minimum Gasteiger partial charge on any atom is -0.454 e. The summed E-state index contributed by atoms with van der Waals surface area (Å²) in [5.74, 6) is 3.59. The first-order valence-corrected chi connectivity index (χ1v) is 9.44. The van der Waals surface area contributed by atoms with E-state index >= 15 is 0 Å². The molecule has 0 fully saturated rings. The van der Waals surface area contributed by atoms with Gasteiger partial charge in [0.2, 0.25) is 6.79 Å². The number of hydrogen-bond donors (Lipinski definition) is 2. The number of aliphatic imine (C=N–C) groups is 1. The SMILES string of the molecule is CN=C(NCCCCSC)NCc1cc(Br)c2c(c1)OCO2.I. The molecule has 23 heavy (non-hydrogen) atoms. The van der Waals surface area contributed by atoms with Crippen molar-refractivity contribution in [2.45, 2.75) is 19.4 Å². The van der Waals surface area contributed by atoms with Crippen LogP contribution in [0.4, 0.5) is 0 Å². The number of guanidine groups is 1. The summed E-state index contributed by atoms with van der Waals surface area (Å²) in [6, 6.07) is 4.03. The zero-order valence-electron chi connectivity index (χ0n) is 13.4. The molecule has 2 rings (SSSR count). The molecule has 0 spiro atoms. The fraction of sp³-hybridized carbons (Fsp3) is 0.533. The highest BCUT2D eigenvalue weighted by molar-refractivity contribution is 14.0. The maximum atomic E-state index is 5.43. The lowest BCUT2D eigenvalue weighted by Crippen LogP contribution is -2.37. The Hall–Kier alpha value is -0.350. The third-order valence-corrected chi connectivity index (χ3v) is 4.52. The zero-order chi connectivity index (χ0) is 15.8. The molecule has 1 aliphatic heterocycles. The van der Waals surface area contributed by atoms with Crippen LogP contribution < -0.4 is 20.1 Å². The van der Waals surface area contributed by atoms with E-state index in [9.17, 15) is 0 Å². The van der Waals surface area contributed by atoms with Crippen LogP contribution in [0.5, 0.6) is 11.5 Å². The molecule has 2 N–H and O–H groups in total. The first kappa shape index (κ1) is 20.7. The van der Waals surface area contributed by atoms with Crippen LogP contribution in [0.1, 0.15) is 18.4 Å². The molecule has 1 heterocycles. The number of rotatable bonds is 7. The smallest absolute Gasteiger partial charge is 0.231 e. The summed E-state index contributed by atoms with van der Waals surface area (Å²) < 4.78 is 11.7. The standard InChI is InChI=1S/C15H22BrN3O2S.HI/c1-17-15(18-5-3-4-6-22-2)19-9-11-7-12(16)14-13(8-11)20-10-21-14;/h7-8H,3-6,9-10H2,1-2H3,(H2,17,18,19);1H. The van der Waals surface area contributed by atoms with Gasteiger partial charge >= 0.3 is 0 Å². The van der Waals surface area contributed by atoms with Gasteiger partial charge in [-0.1, -0.05) is 0 Å². The van der Waals surface area contributed by atoms with E-state index in [0.717, 1.165) is 40.5 Å². The number of benzene rings is 1. The highest BCUT2D eigenvalue weighted by atomic mass is 127. The van der Waals surface area contributed by atoms with Crippen molar-refractivity contribution in [2.75, 3.05) is 32.4 Å². The summed E-state index contributed by atoms with van der Waals surface area (Å²) >= 11 is 5.39. The van der Waals surface area contributed by atoms with Crippen LogP contribution in [0.3, 0.4) is 0 Å². The van der Waals surface area contributed by atoms with E-state index in [1.807, 2.05) is 23.9 Å². The lowest BCUT2D eigenvalue weighted by atomic mass is 10.2. The van der Waals surface area contributed by atoms with Crippen LogP contribution in [0, 0.1) is 0 Å². The summed E-state index contributed by atoms with van der Waals surface area (Å²) in [5, 5.41) is 6.64. The van der Waals surface area contributed by atoms with Crippen LogP contribution in [0.25, 0.3) is 0 Å². The first-order chi connectivity index (χ1) is 10.7. The Kier molecular flexibility index (Phi) is 10.1. The highest BCUT2D eigenvalue weighted by Gasteiger charge is 2.17. The van der Waals surface area contributed by atoms with E-state index in [-0.39, 0.29) is 30.8 Å². The Balaban J connectivity index is 0.00000264. The molecule has 0 saturated heterocycles. The van der Waals surface area contributed by atoms with Gasteiger partial charge in [-0.05, 0) is 58.5 Å². The Bertz CT molecular complexity index is 532. The first-order valence-electron chi connectivity index (χ1n) is 7.26. The van der Waals surface area contributed by atoms with E-state index < -0.39 is 0 Å². The predicted molar refractivity (Wildman–Crippen MR) is 111 cm³/mol. The number of nitrogens with one attached hydrogen (secondary N) is 2. The summed E-state index contributed by atoms with van der Waals surface area (Å²) in [4.78, 5) is 4.24. The van der Waals surface area contributed by atoms with E-state index in [1.165, 1.54) is 12.2 Å². The number of thioether (sulfide) groups is 1. The molecular weight excluding hydrogens is 493 g/mol. The summed E-state index contributed by atoms with van der Waals surface area (Å²) in [6.07, 6.45) is 4.51. The average molecular weight is 516 g/mol. The molecule has 0 bridgehead atoms. The summed E-state index contributed by atoms with van der Waals surface area (Å²) in [5.41, 5.74) is 1.11. The van der Waals surface area contributed by atoms with E-state index in [2.05, 4.69) is 37.8 Å². The van der Waals surface area contributed by atoms with Gasteiger partial charge in [-0.15, -0.1) is 24.0 Å². The lowest BCUT2D eigenvalue weighted by Gasteiger charge is -2.12. The number of fused-ring (bicyclic) bond motifs is 1. The van der Waals surface area contributed by atoms with Crippen molar-refractivity contribution in [2.24, 2.45) is 4.99 Å². The minimum absolute atomic E-state index is 0. The second-order valence-electron chi connectivity index (χ2n) is 4.86. The van der Waals surface area contributed by atoms with Crippen LogP contribution in [0.2, 0.25) is 0 Å².